The van der Waals surface area contributed by atoms with Crippen molar-refractivity contribution >= 4 is 38.5 Å². The fourth-order valence-corrected chi connectivity index (χ4v) is 4.69. The van der Waals surface area contributed by atoms with E-state index in [1.165, 1.54) is 13.0 Å². The van der Waals surface area contributed by atoms with Crippen molar-refractivity contribution in [3.8, 4) is 17.5 Å². The molecule has 0 spiro atoms. The zero-order valence-corrected chi connectivity index (χ0v) is 19.5. The summed E-state index contributed by atoms with van der Waals surface area (Å²) in [5, 5.41) is 11.6. The van der Waals surface area contributed by atoms with Crippen LogP contribution >= 0.6 is 11.5 Å². The average Bonchev–Trinajstić information content (AvgIpc) is 3.36. The summed E-state index contributed by atoms with van der Waals surface area (Å²) >= 11 is 0.739. The van der Waals surface area contributed by atoms with Gasteiger partial charge in [0.15, 0.2) is 0 Å². The Morgan fingerprint density at radius 2 is 2.06 bits per heavy atom. The summed E-state index contributed by atoms with van der Waals surface area (Å²) in [6, 6.07) is 11.3. The van der Waals surface area contributed by atoms with Gasteiger partial charge >= 0.3 is 0 Å². The zero-order valence-electron chi connectivity index (χ0n) is 17.9. The van der Waals surface area contributed by atoms with Crippen LogP contribution in [0.15, 0.2) is 41.1 Å². The molecule has 2 aromatic heterocycles. The predicted molar refractivity (Wildman–Crippen MR) is 122 cm³/mol. The summed E-state index contributed by atoms with van der Waals surface area (Å²) in [6.45, 7) is 5.28. The number of anilines is 1. The van der Waals surface area contributed by atoms with Crippen LogP contribution in [-0.2, 0) is 14.6 Å². The van der Waals surface area contributed by atoms with Gasteiger partial charge in [-0.3, -0.25) is 10.1 Å². The summed E-state index contributed by atoms with van der Waals surface area (Å²) in [5.74, 6) is -0.161. The number of benzene rings is 1. The molecule has 0 aliphatic heterocycles. The van der Waals surface area contributed by atoms with Crippen LogP contribution in [-0.4, -0.2) is 41.1 Å². The van der Waals surface area contributed by atoms with Gasteiger partial charge in [0.05, 0.1) is 18.6 Å². The number of aryl methyl sites for hydroxylation is 1. The molecule has 166 valence electrons. The largest absolute Gasteiger partial charge is 0.495 e. The number of carbonyl (C=O) groups is 1. The van der Waals surface area contributed by atoms with Crippen LogP contribution in [0.1, 0.15) is 23.9 Å². The van der Waals surface area contributed by atoms with Crippen molar-refractivity contribution in [1.29, 1.82) is 5.26 Å². The number of nitrogens with zero attached hydrogens (tertiary/aromatic N) is 4. The molecule has 0 atom stereocenters. The Morgan fingerprint density at radius 1 is 1.34 bits per heavy atom. The van der Waals surface area contributed by atoms with E-state index in [1.54, 1.807) is 7.11 Å². The Morgan fingerprint density at radius 3 is 2.72 bits per heavy atom. The third-order valence-corrected chi connectivity index (χ3v) is 6.99. The third-order valence-electron chi connectivity index (χ3n) is 4.75. The van der Waals surface area contributed by atoms with Crippen LogP contribution in [0.25, 0.3) is 11.8 Å². The lowest BCUT2D eigenvalue weighted by atomic mass is 10.1. The minimum Gasteiger partial charge on any atom is -0.495 e. The van der Waals surface area contributed by atoms with Crippen LogP contribution < -0.4 is 10.1 Å². The van der Waals surface area contributed by atoms with E-state index in [2.05, 4.69) is 14.7 Å². The minimum absolute atomic E-state index is 0.00247. The number of aromatic nitrogens is 3. The van der Waals surface area contributed by atoms with Gasteiger partial charge in [-0.1, -0.05) is 19.1 Å². The second-order valence-electron chi connectivity index (χ2n) is 6.74. The first-order chi connectivity index (χ1) is 15.2. The summed E-state index contributed by atoms with van der Waals surface area (Å²) in [7, 11) is -1.99. The molecule has 0 saturated carbocycles. The molecule has 1 N–H and O–H groups in total. The van der Waals surface area contributed by atoms with Crippen LogP contribution in [0.5, 0.6) is 5.75 Å². The quantitative estimate of drug-likeness (QED) is 0.414. The van der Waals surface area contributed by atoms with E-state index in [-0.39, 0.29) is 21.6 Å². The Labute approximate surface area is 190 Å². The van der Waals surface area contributed by atoms with E-state index in [4.69, 9.17) is 4.74 Å². The van der Waals surface area contributed by atoms with Gasteiger partial charge < -0.3 is 9.30 Å². The van der Waals surface area contributed by atoms with E-state index in [9.17, 15) is 18.5 Å². The van der Waals surface area contributed by atoms with Crippen molar-refractivity contribution in [1.82, 2.24) is 13.9 Å². The molecule has 0 radical (unpaired) electrons. The smallest absolute Gasteiger partial charge is 0.268 e. The molecule has 1 amide bonds. The molecule has 0 saturated heterocycles. The molecule has 0 bridgehead atoms. The summed E-state index contributed by atoms with van der Waals surface area (Å²) in [6.07, 6.45) is 1.48. The van der Waals surface area contributed by atoms with Crippen LogP contribution in [0.3, 0.4) is 0 Å². The third kappa shape index (κ3) is 4.56. The van der Waals surface area contributed by atoms with Crippen molar-refractivity contribution in [3.63, 3.8) is 0 Å². The maximum Gasteiger partial charge on any atom is 0.268 e. The second kappa shape index (κ2) is 9.33. The molecule has 2 heterocycles. The SMILES string of the molecule is CCS(=O)(=O)c1nsc(NC(=O)C(C#N)=Cc2cc(C)n(-c3ccccc3OC)c2C)n1. The van der Waals surface area contributed by atoms with Crippen molar-refractivity contribution in [2.75, 3.05) is 18.2 Å². The Hall–Kier alpha value is -3.49. The fraction of sp³-hybridized carbons (Fsp3) is 0.238. The zero-order chi connectivity index (χ0) is 23.5. The molecule has 3 rings (SSSR count). The topological polar surface area (TPSA) is 127 Å². The number of nitriles is 1. The number of sulfone groups is 1. The number of hydrogen-bond acceptors (Lipinski definition) is 8. The van der Waals surface area contributed by atoms with Crippen LogP contribution in [0.4, 0.5) is 5.13 Å². The van der Waals surface area contributed by atoms with Gasteiger partial charge in [-0.15, -0.1) is 0 Å². The maximum absolute atomic E-state index is 12.6. The highest BCUT2D eigenvalue weighted by atomic mass is 32.2. The molecule has 0 fully saturated rings. The Bertz CT molecular complexity index is 1350. The molecule has 11 heteroatoms. The second-order valence-corrected chi connectivity index (χ2v) is 9.67. The van der Waals surface area contributed by atoms with Crippen LogP contribution in [0, 0.1) is 25.2 Å². The Kier molecular flexibility index (Phi) is 6.76. The number of para-hydroxylation sites is 2. The van der Waals surface area contributed by atoms with E-state index in [0.29, 0.717) is 11.3 Å². The molecule has 0 aliphatic carbocycles. The first kappa shape index (κ1) is 23.2. The first-order valence-electron chi connectivity index (χ1n) is 9.53. The molecule has 1 aromatic carbocycles. The van der Waals surface area contributed by atoms with Gasteiger partial charge in [-0.05, 0) is 43.7 Å². The van der Waals surface area contributed by atoms with Gasteiger partial charge in [0, 0.05) is 22.9 Å². The number of nitrogens with one attached hydrogen (secondary N) is 1. The number of hydrogen-bond donors (Lipinski definition) is 1. The summed E-state index contributed by atoms with van der Waals surface area (Å²) in [4.78, 5) is 16.5. The van der Waals surface area contributed by atoms with Gasteiger partial charge in [0.2, 0.25) is 15.0 Å². The molecular weight excluding hydrogens is 450 g/mol. The number of ether oxygens (including phenoxy) is 1. The Balaban J connectivity index is 1.92. The highest BCUT2D eigenvalue weighted by molar-refractivity contribution is 7.91. The van der Waals surface area contributed by atoms with E-state index in [1.807, 2.05) is 54.8 Å². The molecule has 0 aliphatic rings. The van der Waals surface area contributed by atoms with Crippen molar-refractivity contribution in [3.05, 3.63) is 52.9 Å². The number of amides is 1. The number of rotatable bonds is 7. The lowest BCUT2D eigenvalue weighted by Crippen LogP contribution is -2.14. The highest BCUT2D eigenvalue weighted by Crippen LogP contribution is 2.29. The lowest BCUT2D eigenvalue weighted by molar-refractivity contribution is -0.112. The predicted octanol–water partition coefficient (Wildman–Crippen LogP) is 3.29. The van der Waals surface area contributed by atoms with E-state index in [0.717, 1.165) is 28.6 Å². The van der Waals surface area contributed by atoms with Crippen LogP contribution in [0.2, 0.25) is 0 Å². The summed E-state index contributed by atoms with van der Waals surface area (Å²) in [5.41, 5.74) is 3.09. The summed E-state index contributed by atoms with van der Waals surface area (Å²) < 4.78 is 34.9. The monoisotopic (exact) mass is 471 g/mol. The fourth-order valence-electron chi connectivity index (χ4n) is 3.10. The maximum atomic E-state index is 12.6. The normalized spacial score (nSPS) is 11.8. The van der Waals surface area contributed by atoms with E-state index >= 15 is 0 Å². The molecule has 9 nitrogen and oxygen atoms in total. The molecule has 0 unspecified atom stereocenters. The average molecular weight is 472 g/mol. The molecular formula is C21H21N5O4S2. The number of methoxy groups -OCH3 is 1. The standard InChI is InChI=1S/C21H21N5O4S2/c1-5-32(28,29)21-24-20(31-25-21)23-19(27)16(12-22)11-15-10-13(2)26(14(15)3)17-8-6-7-9-18(17)30-4/h6-11H,5H2,1-4H3,(H,23,24,25,27). The minimum atomic E-state index is -3.58. The highest BCUT2D eigenvalue weighted by Gasteiger charge is 2.20. The van der Waals surface area contributed by atoms with E-state index < -0.39 is 15.7 Å². The van der Waals surface area contributed by atoms with Gasteiger partial charge in [0.1, 0.15) is 17.4 Å². The van der Waals surface area contributed by atoms with Crippen molar-refractivity contribution in [2.45, 2.75) is 25.9 Å². The van der Waals surface area contributed by atoms with Gasteiger partial charge in [-0.25, -0.2) is 8.42 Å². The van der Waals surface area contributed by atoms with Gasteiger partial charge in [0.25, 0.3) is 11.1 Å². The molecule has 3 aromatic rings. The molecule has 32 heavy (non-hydrogen) atoms. The van der Waals surface area contributed by atoms with Crippen molar-refractivity contribution < 1.29 is 17.9 Å². The number of carbonyl (C=O) groups excluding carboxylic acids is 1. The van der Waals surface area contributed by atoms with Gasteiger partial charge in [-0.2, -0.15) is 14.6 Å². The van der Waals surface area contributed by atoms with Crippen molar-refractivity contribution in [2.24, 2.45) is 0 Å². The first-order valence-corrected chi connectivity index (χ1v) is 12.0. The lowest BCUT2D eigenvalue weighted by Gasteiger charge is -2.13.